The van der Waals surface area contributed by atoms with Crippen molar-refractivity contribution in [2.24, 2.45) is 0 Å². The minimum atomic E-state index is -4.91. The number of carbonyl (C=O) groups is 2. The van der Waals surface area contributed by atoms with Crippen LogP contribution in [0.5, 0.6) is 0 Å². The lowest BCUT2D eigenvalue weighted by molar-refractivity contribution is -0.174. The molecular formula is C15H17F3N2O3. The predicted octanol–water partition coefficient (Wildman–Crippen LogP) is 1.90. The van der Waals surface area contributed by atoms with Crippen molar-refractivity contribution in [2.75, 3.05) is 6.54 Å². The van der Waals surface area contributed by atoms with E-state index >= 15 is 0 Å². The van der Waals surface area contributed by atoms with Crippen molar-refractivity contribution in [3.8, 4) is 0 Å². The largest absolute Gasteiger partial charge is 0.478 e. The Balaban J connectivity index is 2.13. The van der Waals surface area contributed by atoms with Gasteiger partial charge < -0.3 is 15.7 Å². The zero-order valence-corrected chi connectivity index (χ0v) is 12.4. The molecule has 0 aromatic heterocycles. The number of hydrogen-bond donors (Lipinski definition) is 3. The molecule has 1 aliphatic heterocycles. The van der Waals surface area contributed by atoms with E-state index in [0.29, 0.717) is 6.42 Å². The number of hydrogen-bond acceptors (Lipinski definition) is 3. The van der Waals surface area contributed by atoms with E-state index in [4.69, 9.17) is 5.11 Å². The van der Waals surface area contributed by atoms with Crippen LogP contribution >= 0.6 is 0 Å². The van der Waals surface area contributed by atoms with Gasteiger partial charge in [-0.1, -0.05) is 12.1 Å². The summed E-state index contributed by atoms with van der Waals surface area (Å²) in [6.07, 6.45) is -4.61. The number of halogens is 3. The van der Waals surface area contributed by atoms with E-state index in [1.807, 2.05) is 12.2 Å². The summed E-state index contributed by atoms with van der Waals surface area (Å²) in [5.41, 5.74) is 0.840. The molecule has 1 amide bonds. The third-order valence-corrected chi connectivity index (χ3v) is 3.98. The van der Waals surface area contributed by atoms with E-state index in [2.05, 4.69) is 5.32 Å². The van der Waals surface area contributed by atoms with Gasteiger partial charge in [-0.05, 0) is 31.0 Å². The maximum atomic E-state index is 12.3. The van der Waals surface area contributed by atoms with Crippen molar-refractivity contribution >= 4 is 11.9 Å². The fourth-order valence-electron chi connectivity index (χ4n) is 2.77. The summed E-state index contributed by atoms with van der Waals surface area (Å²) in [5, 5.41) is 14.1. The molecule has 0 aliphatic carbocycles. The number of piperidine rings is 1. The van der Waals surface area contributed by atoms with Gasteiger partial charge in [0.1, 0.15) is 0 Å². The molecule has 1 fully saturated rings. The topological polar surface area (TPSA) is 78.4 Å². The molecule has 3 N–H and O–H groups in total. The summed E-state index contributed by atoms with van der Waals surface area (Å²) >= 11 is 0. The first-order valence-electron chi connectivity index (χ1n) is 7.13. The van der Waals surface area contributed by atoms with Gasteiger partial charge in [0.15, 0.2) is 0 Å². The Morgan fingerprint density at radius 3 is 2.65 bits per heavy atom. The zero-order chi connectivity index (χ0) is 17.2. The molecule has 0 spiro atoms. The molecule has 1 aromatic rings. The normalized spacial score (nSPS) is 25.0. The number of carboxylic acids is 1. The first-order valence-corrected chi connectivity index (χ1v) is 7.13. The summed E-state index contributed by atoms with van der Waals surface area (Å²) in [6.45, 7) is 2.11. The zero-order valence-electron chi connectivity index (χ0n) is 12.4. The van der Waals surface area contributed by atoms with Crippen molar-refractivity contribution in [3.63, 3.8) is 0 Å². The lowest BCUT2D eigenvalue weighted by Crippen LogP contribution is -2.54. The Morgan fingerprint density at radius 1 is 1.35 bits per heavy atom. The number of nitrogens with one attached hydrogen (secondary N) is 2. The molecule has 8 heteroatoms. The second kappa shape index (κ2) is 6.57. The maximum absolute atomic E-state index is 12.3. The van der Waals surface area contributed by atoms with Crippen LogP contribution in [0.1, 0.15) is 35.2 Å². The Labute approximate surface area is 130 Å². The quantitative estimate of drug-likeness (QED) is 0.791. The summed E-state index contributed by atoms with van der Waals surface area (Å²) < 4.78 is 37.0. The Morgan fingerprint density at radius 2 is 2.04 bits per heavy atom. The summed E-state index contributed by atoms with van der Waals surface area (Å²) in [4.78, 5) is 22.1. The van der Waals surface area contributed by atoms with E-state index in [-0.39, 0.29) is 24.1 Å². The predicted molar refractivity (Wildman–Crippen MR) is 76.2 cm³/mol. The van der Waals surface area contributed by atoms with Crippen LogP contribution in [0.2, 0.25) is 0 Å². The molecule has 3 atom stereocenters. The van der Waals surface area contributed by atoms with E-state index in [1.165, 1.54) is 12.1 Å². The summed E-state index contributed by atoms with van der Waals surface area (Å²) in [6, 6.07) is 5.60. The number of aromatic carboxylic acids is 1. The molecule has 0 bridgehead atoms. The van der Waals surface area contributed by atoms with Gasteiger partial charge in [-0.25, -0.2) is 4.79 Å². The highest BCUT2D eigenvalue weighted by atomic mass is 19.4. The molecule has 1 saturated heterocycles. The van der Waals surface area contributed by atoms with Gasteiger partial charge in [0.25, 0.3) is 0 Å². The smallest absolute Gasteiger partial charge is 0.471 e. The third kappa shape index (κ3) is 4.22. The van der Waals surface area contributed by atoms with Crippen LogP contribution in [-0.2, 0) is 4.79 Å². The van der Waals surface area contributed by atoms with Crippen LogP contribution in [0.4, 0.5) is 13.2 Å². The summed E-state index contributed by atoms with van der Waals surface area (Å²) in [5.74, 6) is -3.22. The average Bonchev–Trinajstić information content (AvgIpc) is 2.48. The Bertz CT molecular complexity index is 604. The highest BCUT2D eigenvalue weighted by molar-refractivity contribution is 5.87. The molecular weight excluding hydrogens is 313 g/mol. The number of benzene rings is 1. The van der Waals surface area contributed by atoms with Crippen molar-refractivity contribution in [3.05, 3.63) is 35.4 Å². The van der Waals surface area contributed by atoms with E-state index in [9.17, 15) is 22.8 Å². The highest BCUT2D eigenvalue weighted by Crippen LogP contribution is 2.29. The number of alkyl halides is 3. The maximum Gasteiger partial charge on any atom is 0.471 e. The second-order valence-corrected chi connectivity index (χ2v) is 5.64. The molecule has 0 radical (unpaired) electrons. The van der Waals surface area contributed by atoms with Crippen LogP contribution in [0.3, 0.4) is 0 Å². The molecule has 126 valence electrons. The van der Waals surface area contributed by atoms with Gasteiger partial charge in [0.2, 0.25) is 0 Å². The molecule has 2 rings (SSSR count). The highest BCUT2D eigenvalue weighted by Gasteiger charge is 2.41. The standard InChI is InChI=1S/C15H17F3N2O3/c1-8-12(9-3-2-4-10(5-9)13(21)22)6-11(7-19-8)20-14(23)15(16,17)18/h2-5,8,11-12,19H,6-7H2,1H3,(H,20,23)(H,21,22). The first-order chi connectivity index (χ1) is 10.7. The van der Waals surface area contributed by atoms with Gasteiger partial charge in [-0.2, -0.15) is 13.2 Å². The molecule has 5 nitrogen and oxygen atoms in total. The lowest BCUT2D eigenvalue weighted by atomic mass is 9.83. The monoisotopic (exact) mass is 330 g/mol. The third-order valence-electron chi connectivity index (χ3n) is 3.98. The molecule has 1 aromatic carbocycles. The fourth-order valence-corrected chi connectivity index (χ4v) is 2.77. The van der Waals surface area contributed by atoms with Gasteiger partial charge in [0.05, 0.1) is 5.56 Å². The SMILES string of the molecule is CC1NCC(NC(=O)C(F)(F)F)CC1c1cccc(C(=O)O)c1. The fraction of sp³-hybridized carbons (Fsp3) is 0.467. The number of carboxylic acid groups (broad SMARTS) is 1. The average molecular weight is 330 g/mol. The van der Waals surface area contributed by atoms with Crippen LogP contribution in [0.25, 0.3) is 0 Å². The minimum absolute atomic E-state index is 0.0434. The van der Waals surface area contributed by atoms with Crippen LogP contribution in [0, 0.1) is 0 Å². The van der Waals surface area contributed by atoms with Crippen molar-refractivity contribution in [1.82, 2.24) is 10.6 Å². The number of carbonyl (C=O) groups excluding carboxylic acids is 1. The minimum Gasteiger partial charge on any atom is -0.478 e. The molecule has 0 saturated carbocycles. The lowest BCUT2D eigenvalue weighted by Gasteiger charge is -2.36. The van der Waals surface area contributed by atoms with E-state index in [1.54, 1.807) is 12.1 Å². The van der Waals surface area contributed by atoms with Gasteiger partial charge in [-0.15, -0.1) is 0 Å². The van der Waals surface area contributed by atoms with E-state index in [0.717, 1.165) is 5.56 Å². The van der Waals surface area contributed by atoms with Gasteiger partial charge in [-0.3, -0.25) is 4.79 Å². The molecule has 1 heterocycles. The van der Waals surface area contributed by atoms with Crippen molar-refractivity contribution < 1.29 is 27.9 Å². The van der Waals surface area contributed by atoms with E-state index < -0.39 is 24.1 Å². The van der Waals surface area contributed by atoms with Gasteiger partial charge in [0, 0.05) is 24.5 Å². The second-order valence-electron chi connectivity index (χ2n) is 5.64. The van der Waals surface area contributed by atoms with Crippen molar-refractivity contribution in [1.29, 1.82) is 0 Å². The van der Waals surface area contributed by atoms with Crippen LogP contribution < -0.4 is 10.6 Å². The molecule has 23 heavy (non-hydrogen) atoms. The first kappa shape index (κ1) is 17.3. The molecule has 3 unspecified atom stereocenters. The van der Waals surface area contributed by atoms with Crippen LogP contribution in [-0.4, -0.2) is 41.8 Å². The van der Waals surface area contributed by atoms with Gasteiger partial charge >= 0.3 is 18.1 Å². The number of amides is 1. The Hall–Kier alpha value is -2.09. The summed E-state index contributed by atoms with van der Waals surface area (Å²) in [7, 11) is 0. The van der Waals surface area contributed by atoms with Crippen LogP contribution in [0.15, 0.2) is 24.3 Å². The molecule has 1 aliphatic rings. The number of rotatable bonds is 3. The Kier molecular flexibility index (Phi) is 4.93. The van der Waals surface area contributed by atoms with Crippen molar-refractivity contribution in [2.45, 2.75) is 37.5 Å².